The highest BCUT2D eigenvalue weighted by atomic mass is 14.0. The molecule has 1 aromatic rings. The molecule has 0 aliphatic rings. The molecule has 0 saturated carbocycles. The molecule has 0 spiro atoms. The van der Waals surface area contributed by atoms with Crippen molar-refractivity contribution in [2.24, 2.45) is 0 Å². The maximum atomic E-state index is 2.41. The molecule has 0 unspecified atom stereocenters. The van der Waals surface area contributed by atoms with E-state index < -0.39 is 0 Å². The van der Waals surface area contributed by atoms with Gasteiger partial charge >= 0.3 is 0 Å². The summed E-state index contributed by atoms with van der Waals surface area (Å²) < 4.78 is 0. The van der Waals surface area contributed by atoms with Crippen LogP contribution < -0.4 is 0 Å². The average molecular weight is 218 g/mol. The molecule has 0 aliphatic carbocycles. The van der Waals surface area contributed by atoms with Gasteiger partial charge in [-0.15, -0.1) is 0 Å². The third-order valence-electron chi connectivity index (χ3n) is 3.13. The molecule has 0 amide bonds. The molecule has 0 fully saturated rings. The lowest BCUT2D eigenvalue weighted by Gasteiger charge is -2.05. The highest BCUT2D eigenvalue weighted by Crippen LogP contribution is 2.12. The predicted octanol–water partition coefficient (Wildman–Crippen LogP) is 5.15. The van der Waals surface area contributed by atoms with Gasteiger partial charge in [0.25, 0.3) is 0 Å². The average Bonchev–Trinajstić information content (AvgIpc) is 2.30. The number of rotatable bonds is 8. The zero-order valence-corrected chi connectivity index (χ0v) is 11.0. The van der Waals surface area contributed by atoms with Crippen LogP contribution in [0.15, 0.2) is 24.3 Å². The van der Waals surface area contributed by atoms with Crippen LogP contribution in [0.4, 0.5) is 0 Å². The molecular weight excluding hydrogens is 192 g/mol. The highest BCUT2D eigenvalue weighted by Gasteiger charge is 1.96. The quantitative estimate of drug-likeness (QED) is 0.529. The number of aryl methyl sites for hydroxylation is 2. The molecule has 16 heavy (non-hydrogen) atoms. The van der Waals surface area contributed by atoms with Gasteiger partial charge in [-0.25, -0.2) is 0 Å². The molecule has 0 heteroatoms. The fourth-order valence-corrected chi connectivity index (χ4v) is 2.10. The summed E-state index contributed by atoms with van der Waals surface area (Å²) in [7, 11) is 0. The first-order valence-electron chi connectivity index (χ1n) is 6.94. The summed E-state index contributed by atoms with van der Waals surface area (Å²) in [4.78, 5) is 0. The van der Waals surface area contributed by atoms with Crippen molar-refractivity contribution in [3.63, 3.8) is 0 Å². The van der Waals surface area contributed by atoms with Gasteiger partial charge in [0.15, 0.2) is 0 Å². The van der Waals surface area contributed by atoms with Crippen molar-refractivity contribution in [2.45, 2.75) is 65.2 Å². The van der Waals surface area contributed by atoms with E-state index in [1.807, 2.05) is 0 Å². The van der Waals surface area contributed by atoms with Crippen LogP contribution in [-0.2, 0) is 12.8 Å². The van der Waals surface area contributed by atoms with Crippen molar-refractivity contribution in [1.82, 2.24) is 0 Å². The zero-order chi connectivity index (χ0) is 11.6. The monoisotopic (exact) mass is 218 g/mol. The van der Waals surface area contributed by atoms with Crippen molar-refractivity contribution in [1.29, 1.82) is 0 Å². The summed E-state index contributed by atoms with van der Waals surface area (Å²) in [5.74, 6) is 0. The minimum Gasteiger partial charge on any atom is -0.0654 e. The van der Waals surface area contributed by atoms with E-state index in [2.05, 4.69) is 38.1 Å². The van der Waals surface area contributed by atoms with E-state index in [9.17, 15) is 0 Å². The van der Waals surface area contributed by atoms with Crippen molar-refractivity contribution in [3.8, 4) is 0 Å². The minimum atomic E-state index is 1.26. The maximum Gasteiger partial charge on any atom is -0.0279 e. The van der Waals surface area contributed by atoms with E-state index in [4.69, 9.17) is 0 Å². The van der Waals surface area contributed by atoms with Gasteiger partial charge in [-0.05, 0) is 36.8 Å². The summed E-state index contributed by atoms with van der Waals surface area (Å²) in [5.41, 5.74) is 3.06. The Morgan fingerprint density at radius 3 is 1.69 bits per heavy atom. The molecule has 0 atom stereocenters. The Bertz CT molecular complexity index is 250. The van der Waals surface area contributed by atoms with Crippen LogP contribution in [0.2, 0.25) is 0 Å². The van der Waals surface area contributed by atoms with E-state index in [0.29, 0.717) is 0 Å². The largest absolute Gasteiger partial charge is 0.0654 e. The Hall–Kier alpha value is -0.780. The van der Waals surface area contributed by atoms with Crippen molar-refractivity contribution >= 4 is 0 Å². The van der Waals surface area contributed by atoms with Gasteiger partial charge in [-0.2, -0.15) is 0 Å². The van der Waals surface area contributed by atoms with Crippen LogP contribution in [0.3, 0.4) is 0 Å². The van der Waals surface area contributed by atoms with Gasteiger partial charge in [0.05, 0.1) is 0 Å². The molecule has 90 valence electrons. The van der Waals surface area contributed by atoms with Crippen molar-refractivity contribution in [3.05, 3.63) is 35.4 Å². The second-order valence-electron chi connectivity index (χ2n) is 4.73. The lowest BCUT2D eigenvalue weighted by molar-refractivity contribution is 0.708. The summed E-state index contributed by atoms with van der Waals surface area (Å²) in [6.07, 6.45) is 10.6. The van der Waals surface area contributed by atoms with Gasteiger partial charge in [0.2, 0.25) is 0 Å². The van der Waals surface area contributed by atoms with Crippen molar-refractivity contribution < 1.29 is 0 Å². The van der Waals surface area contributed by atoms with Crippen LogP contribution in [0.1, 0.15) is 63.5 Å². The number of benzene rings is 1. The Morgan fingerprint density at radius 1 is 0.750 bits per heavy atom. The van der Waals surface area contributed by atoms with Crippen LogP contribution in [0.25, 0.3) is 0 Å². The van der Waals surface area contributed by atoms with Gasteiger partial charge in [-0.3, -0.25) is 0 Å². The number of hydrogen-bond donors (Lipinski definition) is 0. The first kappa shape index (κ1) is 13.3. The van der Waals surface area contributed by atoms with E-state index in [0.717, 1.165) is 0 Å². The molecule has 0 saturated heterocycles. The van der Waals surface area contributed by atoms with Crippen LogP contribution in [0.5, 0.6) is 0 Å². The topological polar surface area (TPSA) is 0 Å². The Balaban J connectivity index is 2.37. The third kappa shape index (κ3) is 5.34. The number of unbranched alkanes of at least 4 members (excludes halogenated alkanes) is 4. The lowest BCUT2D eigenvalue weighted by Crippen LogP contribution is -1.90. The first-order chi connectivity index (χ1) is 7.86. The zero-order valence-electron chi connectivity index (χ0n) is 11.0. The van der Waals surface area contributed by atoms with Crippen LogP contribution >= 0.6 is 0 Å². The van der Waals surface area contributed by atoms with Gasteiger partial charge in [0, 0.05) is 0 Å². The predicted molar refractivity (Wildman–Crippen MR) is 72.9 cm³/mol. The lowest BCUT2D eigenvalue weighted by atomic mass is 10.0. The maximum absolute atomic E-state index is 2.41. The second kappa shape index (κ2) is 8.38. The molecule has 0 aromatic heterocycles. The first-order valence-corrected chi connectivity index (χ1v) is 6.94. The Labute approximate surface area is 101 Å². The SMILES string of the molecule is CCCCCc1cccc(CCCCC)c1. The van der Waals surface area contributed by atoms with Crippen molar-refractivity contribution in [2.75, 3.05) is 0 Å². The summed E-state index contributed by atoms with van der Waals surface area (Å²) >= 11 is 0. The summed E-state index contributed by atoms with van der Waals surface area (Å²) in [5, 5.41) is 0. The summed E-state index contributed by atoms with van der Waals surface area (Å²) in [6.45, 7) is 4.53. The fourth-order valence-electron chi connectivity index (χ4n) is 2.10. The molecule has 0 N–H and O–H groups in total. The summed E-state index contributed by atoms with van der Waals surface area (Å²) in [6, 6.07) is 9.19. The Kier molecular flexibility index (Phi) is 6.96. The van der Waals surface area contributed by atoms with Crippen LogP contribution in [-0.4, -0.2) is 0 Å². The third-order valence-corrected chi connectivity index (χ3v) is 3.13. The molecule has 0 aliphatic heterocycles. The minimum absolute atomic E-state index is 1.26. The molecule has 1 aromatic carbocycles. The molecule has 1 rings (SSSR count). The molecule has 0 radical (unpaired) electrons. The standard InChI is InChI=1S/C16H26/c1-3-5-7-10-15-12-9-13-16(14-15)11-8-6-4-2/h9,12-14H,3-8,10-11H2,1-2H3. The van der Waals surface area contributed by atoms with E-state index in [1.165, 1.54) is 62.5 Å². The molecule has 0 nitrogen and oxygen atoms in total. The van der Waals surface area contributed by atoms with Gasteiger partial charge in [-0.1, -0.05) is 63.8 Å². The van der Waals surface area contributed by atoms with E-state index >= 15 is 0 Å². The van der Waals surface area contributed by atoms with Crippen LogP contribution in [0, 0.1) is 0 Å². The van der Waals surface area contributed by atoms with E-state index in [-0.39, 0.29) is 0 Å². The Morgan fingerprint density at radius 2 is 1.25 bits per heavy atom. The smallest absolute Gasteiger partial charge is 0.0279 e. The van der Waals surface area contributed by atoms with Gasteiger partial charge in [0.1, 0.15) is 0 Å². The molecule has 0 heterocycles. The molecular formula is C16H26. The van der Waals surface area contributed by atoms with E-state index in [1.54, 1.807) is 0 Å². The second-order valence-corrected chi connectivity index (χ2v) is 4.73. The molecule has 0 bridgehead atoms. The number of hydrogen-bond acceptors (Lipinski definition) is 0. The fraction of sp³-hybridized carbons (Fsp3) is 0.625. The normalized spacial score (nSPS) is 10.6. The highest BCUT2D eigenvalue weighted by molar-refractivity contribution is 5.23. The van der Waals surface area contributed by atoms with Gasteiger partial charge < -0.3 is 0 Å².